The summed E-state index contributed by atoms with van der Waals surface area (Å²) in [5, 5.41) is 4.45. The lowest BCUT2D eigenvalue weighted by atomic mass is 10.2. The third kappa shape index (κ3) is 2.51. The van der Waals surface area contributed by atoms with E-state index in [1.165, 1.54) is 18.0 Å². The number of esters is 1. The molecule has 6 heteroatoms. The van der Waals surface area contributed by atoms with Crippen molar-refractivity contribution < 1.29 is 9.53 Å². The third-order valence-electron chi connectivity index (χ3n) is 2.57. The van der Waals surface area contributed by atoms with Crippen molar-refractivity contribution in [3.63, 3.8) is 0 Å². The molecule has 0 saturated heterocycles. The van der Waals surface area contributed by atoms with Crippen molar-refractivity contribution in [2.45, 2.75) is 6.92 Å². The Morgan fingerprint density at radius 3 is 2.68 bits per heavy atom. The summed E-state index contributed by atoms with van der Waals surface area (Å²) in [6.07, 6.45) is 1.52. The summed E-state index contributed by atoms with van der Waals surface area (Å²) < 4.78 is 5.94. The van der Waals surface area contributed by atoms with Gasteiger partial charge < -0.3 is 4.74 Å². The van der Waals surface area contributed by atoms with Gasteiger partial charge in [-0.15, -0.1) is 0 Å². The lowest BCUT2D eigenvalue weighted by Crippen LogP contribution is -2.24. The Morgan fingerprint density at radius 1 is 1.37 bits per heavy atom. The number of rotatable bonds is 2. The van der Waals surface area contributed by atoms with Gasteiger partial charge >= 0.3 is 5.97 Å². The Labute approximate surface area is 114 Å². The number of carbonyl (C=O) groups excluding carboxylic acids is 1. The van der Waals surface area contributed by atoms with Gasteiger partial charge in [-0.2, -0.15) is 5.10 Å². The van der Waals surface area contributed by atoms with E-state index in [0.29, 0.717) is 16.3 Å². The molecule has 0 aliphatic heterocycles. The molecule has 19 heavy (non-hydrogen) atoms. The van der Waals surface area contributed by atoms with Crippen LogP contribution in [0.15, 0.2) is 35.3 Å². The van der Waals surface area contributed by atoms with Crippen molar-refractivity contribution in [2.75, 3.05) is 7.11 Å². The number of aryl methyl sites for hydroxylation is 1. The Bertz CT molecular complexity index is 695. The second kappa shape index (κ2) is 5.24. The van der Waals surface area contributed by atoms with Crippen LogP contribution >= 0.6 is 11.6 Å². The van der Waals surface area contributed by atoms with Crippen LogP contribution in [0.1, 0.15) is 16.1 Å². The maximum atomic E-state index is 11.8. The van der Waals surface area contributed by atoms with E-state index in [1.54, 1.807) is 31.2 Å². The maximum Gasteiger partial charge on any atom is 0.362 e. The molecule has 0 amide bonds. The number of nitrogens with zero attached hydrogens (tertiary/aromatic N) is 2. The van der Waals surface area contributed by atoms with Crippen LogP contribution in [-0.2, 0) is 4.74 Å². The van der Waals surface area contributed by atoms with Gasteiger partial charge in [0.15, 0.2) is 0 Å². The SMILES string of the molecule is COC(=O)c1nn(-c2ccccc2Cl)cc(C)c1=O. The predicted octanol–water partition coefficient (Wildman–Crippen LogP) is 1.98. The maximum absolute atomic E-state index is 11.8. The standard InChI is InChI=1S/C13H11ClN2O3/c1-8-7-16(10-6-4-3-5-9(10)14)15-11(12(8)17)13(18)19-2/h3-7H,1-2H3. The van der Waals surface area contributed by atoms with Crippen molar-refractivity contribution in [3.05, 3.63) is 57.0 Å². The molecule has 0 aliphatic rings. The first kappa shape index (κ1) is 13.3. The number of halogens is 1. The van der Waals surface area contributed by atoms with Gasteiger partial charge in [-0.1, -0.05) is 23.7 Å². The zero-order chi connectivity index (χ0) is 14.0. The minimum absolute atomic E-state index is 0.262. The number of benzene rings is 1. The number of aromatic nitrogens is 2. The summed E-state index contributed by atoms with van der Waals surface area (Å²) in [4.78, 5) is 23.4. The molecular weight excluding hydrogens is 268 g/mol. The Balaban J connectivity index is 2.67. The molecule has 1 heterocycles. The van der Waals surface area contributed by atoms with Crippen LogP contribution in [0.2, 0.25) is 5.02 Å². The summed E-state index contributed by atoms with van der Waals surface area (Å²) >= 11 is 6.06. The fourth-order valence-electron chi connectivity index (χ4n) is 1.60. The van der Waals surface area contributed by atoms with E-state index in [-0.39, 0.29) is 5.69 Å². The molecule has 0 aliphatic carbocycles. The zero-order valence-corrected chi connectivity index (χ0v) is 11.1. The van der Waals surface area contributed by atoms with E-state index < -0.39 is 11.4 Å². The molecule has 2 aromatic rings. The minimum Gasteiger partial charge on any atom is -0.464 e. The number of carbonyl (C=O) groups is 1. The van der Waals surface area contributed by atoms with E-state index in [4.69, 9.17) is 11.6 Å². The molecule has 0 bridgehead atoms. The smallest absolute Gasteiger partial charge is 0.362 e. The van der Waals surface area contributed by atoms with Crippen molar-refractivity contribution >= 4 is 17.6 Å². The molecular formula is C13H11ClN2O3. The molecule has 2 rings (SSSR count). The van der Waals surface area contributed by atoms with Gasteiger partial charge in [-0.25, -0.2) is 9.48 Å². The average molecular weight is 279 g/mol. The zero-order valence-electron chi connectivity index (χ0n) is 10.4. The highest BCUT2D eigenvalue weighted by Gasteiger charge is 2.16. The number of para-hydroxylation sites is 1. The number of hydrogen-bond donors (Lipinski definition) is 0. The van der Waals surface area contributed by atoms with E-state index in [2.05, 4.69) is 9.84 Å². The van der Waals surface area contributed by atoms with Crippen LogP contribution < -0.4 is 5.43 Å². The van der Waals surface area contributed by atoms with E-state index in [0.717, 1.165) is 0 Å². The molecule has 0 fully saturated rings. The van der Waals surface area contributed by atoms with Crippen LogP contribution in [-0.4, -0.2) is 22.9 Å². The Kier molecular flexibility index (Phi) is 3.66. The first-order valence-corrected chi connectivity index (χ1v) is 5.86. The van der Waals surface area contributed by atoms with Crippen molar-refractivity contribution in [1.82, 2.24) is 9.78 Å². The Hall–Kier alpha value is -2.14. The first-order chi connectivity index (χ1) is 9.04. The summed E-state index contributed by atoms with van der Waals surface area (Å²) in [6.45, 7) is 1.60. The molecule has 0 radical (unpaired) electrons. The molecule has 0 saturated carbocycles. The van der Waals surface area contributed by atoms with E-state index >= 15 is 0 Å². The van der Waals surface area contributed by atoms with Crippen LogP contribution in [0.25, 0.3) is 5.69 Å². The fourth-order valence-corrected chi connectivity index (χ4v) is 1.82. The second-order valence-corrected chi connectivity index (χ2v) is 4.28. The van der Waals surface area contributed by atoms with E-state index in [1.807, 2.05) is 0 Å². The highest BCUT2D eigenvalue weighted by atomic mass is 35.5. The van der Waals surface area contributed by atoms with Crippen molar-refractivity contribution in [1.29, 1.82) is 0 Å². The van der Waals surface area contributed by atoms with Gasteiger partial charge in [0.05, 0.1) is 17.8 Å². The lowest BCUT2D eigenvalue weighted by molar-refractivity contribution is 0.0590. The summed E-state index contributed by atoms with van der Waals surface area (Å²) in [5.74, 6) is -0.769. The van der Waals surface area contributed by atoms with Gasteiger partial charge in [-0.3, -0.25) is 4.79 Å². The molecule has 0 N–H and O–H groups in total. The molecule has 1 aromatic carbocycles. The lowest BCUT2D eigenvalue weighted by Gasteiger charge is -2.09. The van der Waals surface area contributed by atoms with Crippen LogP contribution in [0.3, 0.4) is 0 Å². The number of methoxy groups -OCH3 is 1. The molecule has 0 atom stereocenters. The van der Waals surface area contributed by atoms with Gasteiger partial charge in [0.25, 0.3) is 0 Å². The third-order valence-corrected chi connectivity index (χ3v) is 2.89. The molecule has 98 valence electrons. The molecule has 1 aromatic heterocycles. The van der Waals surface area contributed by atoms with Crippen LogP contribution in [0.4, 0.5) is 0 Å². The quantitative estimate of drug-likeness (QED) is 0.788. The van der Waals surface area contributed by atoms with Gasteiger partial charge in [-0.05, 0) is 19.1 Å². The van der Waals surface area contributed by atoms with Gasteiger partial charge in [0, 0.05) is 11.8 Å². The highest BCUT2D eigenvalue weighted by Crippen LogP contribution is 2.18. The largest absolute Gasteiger partial charge is 0.464 e. The number of ether oxygens (including phenoxy) is 1. The second-order valence-electron chi connectivity index (χ2n) is 3.88. The predicted molar refractivity (Wildman–Crippen MR) is 70.9 cm³/mol. The monoisotopic (exact) mass is 278 g/mol. The highest BCUT2D eigenvalue weighted by molar-refractivity contribution is 6.32. The van der Waals surface area contributed by atoms with E-state index in [9.17, 15) is 9.59 Å². The molecule has 5 nitrogen and oxygen atoms in total. The summed E-state index contributed by atoms with van der Waals surface area (Å²) in [7, 11) is 1.20. The summed E-state index contributed by atoms with van der Waals surface area (Å²) in [5.41, 5.74) is 0.255. The first-order valence-electron chi connectivity index (χ1n) is 5.48. The normalized spacial score (nSPS) is 10.3. The van der Waals surface area contributed by atoms with Crippen LogP contribution in [0.5, 0.6) is 0 Å². The molecule has 0 spiro atoms. The fraction of sp³-hybridized carbons (Fsp3) is 0.154. The van der Waals surface area contributed by atoms with Crippen LogP contribution in [0, 0.1) is 6.92 Å². The van der Waals surface area contributed by atoms with Crippen molar-refractivity contribution in [3.8, 4) is 5.69 Å². The minimum atomic E-state index is -0.769. The summed E-state index contributed by atoms with van der Waals surface area (Å²) in [6, 6.07) is 7.00. The van der Waals surface area contributed by atoms with Gasteiger partial charge in [0.1, 0.15) is 0 Å². The topological polar surface area (TPSA) is 61.2 Å². The average Bonchev–Trinajstić information content (AvgIpc) is 2.41. The number of hydrogen-bond acceptors (Lipinski definition) is 4. The molecule has 0 unspecified atom stereocenters. The van der Waals surface area contributed by atoms with Gasteiger partial charge in [0.2, 0.25) is 11.1 Å². The van der Waals surface area contributed by atoms with Crippen molar-refractivity contribution in [2.24, 2.45) is 0 Å². The Morgan fingerprint density at radius 2 is 2.05 bits per heavy atom.